The van der Waals surface area contributed by atoms with E-state index < -0.39 is 4.92 Å². The third-order valence-corrected chi connectivity index (χ3v) is 2.99. The minimum Gasteiger partial charge on any atom is -0.293 e. The number of ketones is 1. The smallest absolute Gasteiger partial charge is 0.269 e. The molecule has 0 radical (unpaired) electrons. The Labute approximate surface area is 113 Å². The van der Waals surface area contributed by atoms with Crippen LogP contribution in [0.4, 0.5) is 5.69 Å². The minimum atomic E-state index is -0.467. The zero-order chi connectivity index (χ0) is 14.4. The first kappa shape index (κ1) is 15.3. The first-order valence-electron chi connectivity index (χ1n) is 6.47. The second kappa shape index (κ2) is 6.99. The normalized spacial score (nSPS) is 11.0. The highest BCUT2D eigenvalue weighted by atomic mass is 16.6. The maximum absolute atomic E-state index is 12.1. The predicted molar refractivity (Wildman–Crippen MR) is 74.4 cm³/mol. The van der Waals surface area contributed by atoms with Gasteiger partial charge in [0.1, 0.15) is 0 Å². The summed E-state index contributed by atoms with van der Waals surface area (Å²) in [5.74, 6) is -0.00273. The number of carbonyl (C=O) groups excluding carboxylic acids is 1. The molecule has 0 bridgehead atoms. The molecule has 0 fully saturated rings. The van der Waals surface area contributed by atoms with E-state index in [4.69, 9.17) is 0 Å². The van der Waals surface area contributed by atoms with Crippen LogP contribution < -0.4 is 0 Å². The third-order valence-electron chi connectivity index (χ3n) is 2.99. The number of hydrogen-bond donors (Lipinski definition) is 0. The fourth-order valence-electron chi connectivity index (χ4n) is 1.85. The van der Waals surface area contributed by atoms with E-state index in [1.54, 1.807) is 0 Å². The lowest BCUT2D eigenvalue weighted by Gasteiger charge is -2.24. The molecule has 0 saturated carbocycles. The van der Waals surface area contributed by atoms with Crippen molar-refractivity contribution >= 4 is 11.5 Å². The van der Waals surface area contributed by atoms with Crippen LogP contribution in [0.3, 0.4) is 0 Å². The lowest BCUT2D eigenvalue weighted by atomic mass is 10.1. The van der Waals surface area contributed by atoms with Gasteiger partial charge >= 0.3 is 0 Å². The fourth-order valence-corrected chi connectivity index (χ4v) is 1.85. The third kappa shape index (κ3) is 4.44. The van der Waals surface area contributed by atoms with E-state index in [1.165, 1.54) is 24.3 Å². The van der Waals surface area contributed by atoms with Gasteiger partial charge in [-0.25, -0.2) is 0 Å². The molecule has 0 N–H and O–H groups in total. The summed E-state index contributed by atoms with van der Waals surface area (Å²) >= 11 is 0. The van der Waals surface area contributed by atoms with Crippen LogP contribution in [0.2, 0.25) is 0 Å². The van der Waals surface area contributed by atoms with Crippen LogP contribution in [0.1, 0.15) is 37.6 Å². The molecule has 0 unspecified atom stereocenters. The Morgan fingerprint density at radius 1 is 1.32 bits per heavy atom. The summed E-state index contributed by atoms with van der Waals surface area (Å²) < 4.78 is 0. The summed E-state index contributed by atoms with van der Waals surface area (Å²) in [6, 6.07) is 6.08. The Bertz CT molecular complexity index is 441. The highest BCUT2D eigenvalue weighted by Gasteiger charge is 2.15. The number of rotatable bonds is 7. The molecule has 19 heavy (non-hydrogen) atoms. The maximum Gasteiger partial charge on any atom is 0.269 e. The molecule has 0 atom stereocenters. The summed E-state index contributed by atoms with van der Waals surface area (Å²) in [6.07, 6.45) is 0.992. The van der Waals surface area contributed by atoms with Crippen LogP contribution in [0.15, 0.2) is 24.3 Å². The highest BCUT2D eigenvalue weighted by molar-refractivity contribution is 5.97. The number of Topliss-reactive ketones (excluding diaryl/α,β-unsaturated/α-hetero) is 1. The molecular formula is C14H20N2O3. The van der Waals surface area contributed by atoms with Gasteiger partial charge in [-0.15, -0.1) is 0 Å². The van der Waals surface area contributed by atoms with Crippen molar-refractivity contribution in [2.24, 2.45) is 0 Å². The van der Waals surface area contributed by atoms with E-state index in [9.17, 15) is 14.9 Å². The lowest BCUT2D eigenvalue weighted by Crippen LogP contribution is -2.36. The first-order valence-corrected chi connectivity index (χ1v) is 6.47. The number of non-ortho nitro benzene ring substituents is 1. The monoisotopic (exact) mass is 264 g/mol. The van der Waals surface area contributed by atoms with Crippen LogP contribution in [-0.2, 0) is 0 Å². The van der Waals surface area contributed by atoms with Crippen molar-refractivity contribution in [3.05, 3.63) is 39.9 Å². The van der Waals surface area contributed by atoms with Gasteiger partial charge in [0.25, 0.3) is 5.69 Å². The molecule has 1 aromatic rings. The molecule has 1 rings (SSSR count). The Morgan fingerprint density at radius 2 is 1.89 bits per heavy atom. The van der Waals surface area contributed by atoms with Crippen LogP contribution in [0, 0.1) is 10.1 Å². The van der Waals surface area contributed by atoms with E-state index in [0.717, 1.165) is 13.0 Å². The highest BCUT2D eigenvalue weighted by Crippen LogP contribution is 2.13. The van der Waals surface area contributed by atoms with Gasteiger partial charge in [0.05, 0.1) is 11.5 Å². The number of benzene rings is 1. The standard InChI is InChI=1S/C14H20N2O3/c1-4-9-15(11(2)3)10-14(17)12-5-7-13(8-6-12)16(18)19/h5-8,11H,4,9-10H2,1-3H3. The van der Waals surface area contributed by atoms with Crippen molar-refractivity contribution in [1.82, 2.24) is 4.90 Å². The van der Waals surface area contributed by atoms with Gasteiger partial charge in [0.2, 0.25) is 0 Å². The van der Waals surface area contributed by atoms with Crippen molar-refractivity contribution in [1.29, 1.82) is 0 Å². The van der Waals surface area contributed by atoms with Gasteiger partial charge < -0.3 is 0 Å². The topological polar surface area (TPSA) is 63.5 Å². The summed E-state index contributed by atoms with van der Waals surface area (Å²) in [7, 11) is 0. The van der Waals surface area contributed by atoms with Crippen molar-refractivity contribution < 1.29 is 9.72 Å². The molecular weight excluding hydrogens is 244 g/mol. The van der Waals surface area contributed by atoms with Gasteiger partial charge in [0.15, 0.2) is 5.78 Å². The van der Waals surface area contributed by atoms with Gasteiger partial charge in [-0.3, -0.25) is 19.8 Å². The van der Waals surface area contributed by atoms with Gasteiger partial charge in [-0.1, -0.05) is 6.92 Å². The number of hydrogen-bond acceptors (Lipinski definition) is 4. The molecule has 0 spiro atoms. The summed E-state index contributed by atoms with van der Waals surface area (Å²) in [4.78, 5) is 24.3. The van der Waals surface area contributed by atoms with Gasteiger partial charge in [0, 0.05) is 23.7 Å². The predicted octanol–water partition coefficient (Wildman–Crippen LogP) is 2.90. The Hall–Kier alpha value is -1.75. The van der Waals surface area contributed by atoms with Crippen molar-refractivity contribution in [2.45, 2.75) is 33.2 Å². The molecule has 0 amide bonds. The second-order valence-electron chi connectivity index (χ2n) is 4.79. The van der Waals surface area contributed by atoms with Crippen molar-refractivity contribution in [3.63, 3.8) is 0 Å². The quantitative estimate of drug-likeness (QED) is 0.431. The molecule has 5 nitrogen and oxygen atoms in total. The van der Waals surface area contributed by atoms with Crippen LogP contribution in [0.25, 0.3) is 0 Å². The number of carbonyl (C=O) groups is 1. The van der Waals surface area contributed by atoms with E-state index in [2.05, 4.69) is 25.7 Å². The number of nitro groups is 1. The fraction of sp³-hybridized carbons (Fsp3) is 0.500. The summed E-state index contributed by atoms with van der Waals surface area (Å²) in [6.45, 7) is 7.41. The van der Waals surface area contributed by atoms with E-state index >= 15 is 0 Å². The molecule has 0 aliphatic heterocycles. The molecule has 1 aromatic carbocycles. The maximum atomic E-state index is 12.1. The average Bonchev–Trinajstić information content (AvgIpc) is 2.38. The summed E-state index contributed by atoms with van der Waals surface area (Å²) in [5, 5.41) is 10.5. The lowest BCUT2D eigenvalue weighted by molar-refractivity contribution is -0.384. The SMILES string of the molecule is CCCN(CC(=O)c1ccc([N+](=O)[O-])cc1)C(C)C. The van der Waals surface area contributed by atoms with Gasteiger partial charge in [-0.05, 0) is 38.9 Å². The largest absolute Gasteiger partial charge is 0.293 e. The second-order valence-corrected chi connectivity index (χ2v) is 4.79. The summed E-state index contributed by atoms with van der Waals surface area (Å²) in [5.41, 5.74) is 0.526. The van der Waals surface area contributed by atoms with E-state index in [-0.39, 0.29) is 11.5 Å². The zero-order valence-electron chi connectivity index (χ0n) is 11.6. The molecule has 0 heterocycles. The molecule has 104 valence electrons. The number of nitro benzene ring substituents is 1. The Kier molecular flexibility index (Phi) is 5.63. The molecule has 0 saturated heterocycles. The van der Waals surface area contributed by atoms with Crippen molar-refractivity contribution in [3.8, 4) is 0 Å². The van der Waals surface area contributed by atoms with E-state index in [0.29, 0.717) is 18.2 Å². The Balaban J connectivity index is 2.74. The minimum absolute atomic E-state index is 0.00273. The van der Waals surface area contributed by atoms with Gasteiger partial charge in [-0.2, -0.15) is 0 Å². The Morgan fingerprint density at radius 3 is 2.32 bits per heavy atom. The van der Waals surface area contributed by atoms with Crippen LogP contribution in [0.5, 0.6) is 0 Å². The molecule has 5 heteroatoms. The zero-order valence-corrected chi connectivity index (χ0v) is 11.6. The molecule has 0 aliphatic carbocycles. The van der Waals surface area contributed by atoms with Crippen LogP contribution >= 0.6 is 0 Å². The molecule has 0 aromatic heterocycles. The van der Waals surface area contributed by atoms with Crippen molar-refractivity contribution in [2.75, 3.05) is 13.1 Å². The van der Waals surface area contributed by atoms with E-state index in [1.807, 2.05) is 0 Å². The molecule has 0 aliphatic rings. The first-order chi connectivity index (χ1) is 8.95. The average molecular weight is 264 g/mol. The van der Waals surface area contributed by atoms with Crippen LogP contribution in [-0.4, -0.2) is 34.7 Å². The number of nitrogens with zero attached hydrogens (tertiary/aromatic N) is 2.